The van der Waals surface area contributed by atoms with Crippen LogP contribution in [0.5, 0.6) is 5.75 Å². The van der Waals surface area contributed by atoms with Gasteiger partial charge < -0.3 is 9.47 Å². The van der Waals surface area contributed by atoms with Crippen LogP contribution in [0, 0.1) is 6.92 Å². The molecule has 2 aromatic heterocycles. The third kappa shape index (κ3) is 4.65. The van der Waals surface area contributed by atoms with Gasteiger partial charge in [0.05, 0.1) is 18.3 Å². The molecule has 0 radical (unpaired) electrons. The van der Waals surface area contributed by atoms with Crippen molar-refractivity contribution >= 4 is 39.1 Å². The molecule has 0 fully saturated rings. The molecule has 2 aromatic carbocycles. The monoisotopic (exact) mass is 482 g/mol. The Labute approximate surface area is 200 Å². The van der Waals surface area contributed by atoms with Gasteiger partial charge >= 0.3 is 5.97 Å². The Morgan fingerprint density at radius 3 is 2.61 bits per heavy atom. The molecule has 0 N–H and O–H groups in total. The summed E-state index contributed by atoms with van der Waals surface area (Å²) in [5.74, 6) is 0.233. The molecule has 1 atom stereocenters. The molecule has 0 aliphatic heterocycles. The third-order valence-electron chi connectivity index (χ3n) is 5.35. The van der Waals surface area contributed by atoms with Crippen molar-refractivity contribution < 1.29 is 14.3 Å². The van der Waals surface area contributed by atoms with Crippen LogP contribution in [0.15, 0.2) is 59.7 Å². The first-order valence-electron chi connectivity index (χ1n) is 10.5. The lowest BCUT2D eigenvalue weighted by Gasteiger charge is -2.15. The second kappa shape index (κ2) is 9.77. The second-order valence-electron chi connectivity index (χ2n) is 7.50. The van der Waals surface area contributed by atoms with Gasteiger partial charge in [-0.15, -0.1) is 11.3 Å². The van der Waals surface area contributed by atoms with Crippen LogP contribution in [0.2, 0.25) is 5.02 Å². The van der Waals surface area contributed by atoms with Crippen molar-refractivity contribution in [2.24, 2.45) is 0 Å². The molecule has 6 nitrogen and oxygen atoms in total. The molecular formula is C25H23ClN2O4S. The minimum Gasteiger partial charge on any atom is -0.494 e. The smallest absolute Gasteiger partial charge is 0.329 e. The highest BCUT2D eigenvalue weighted by atomic mass is 35.5. The van der Waals surface area contributed by atoms with Crippen molar-refractivity contribution in [1.82, 2.24) is 9.55 Å². The van der Waals surface area contributed by atoms with E-state index >= 15 is 0 Å². The number of thiophene rings is 1. The zero-order valence-corrected chi connectivity index (χ0v) is 20.1. The summed E-state index contributed by atoms with van der Waals surface area (Å²) in [6, 6.07) is 13.9. The Kier molecular flexibility index (Phi) is 6.81. The van der Waals surface area contributed by atoms with Crippen molar-refractivity contribution in [3.05, 3.63) is 80.7 Å². The summed E-state index contributed by atoms with van der Waals surface area (Å²) < 4.78 is 12.3. The Morgan fingerprint density at radius 2 is 1.91 bits per heavy atom. The van der Waals surface area contributed by atoms with Gasteiger partial charge in [0, 0.05) is 21.0 Å². The number of hydrogen-bond acceptors (Lipinski definition) is 6. The second-order valence-corrected chi connectivity index (χ2v) is 9.11. The van der Waals surface area contributed by atoms with E-state index in [1.54, 1.807) is 19.1 Å². The molecule has 4 rings (SSSR count). The standard InChI is InChI=1S/C25H23ClN2O4S/c1-4-31-19-11-9-17(10-12-19)21-16(3)33-23-22(21)24(29)28(14-27-23)15(2)25(30)32-13-18-7-5-6-8-20(18)26/h5-12,14-15H,4,13H2,1-3H3. The molecule has 0 amide bonds. The van der Waals surface area contributed by atoms with Crippen LogP contribution in [0.1, 0.15) is 30.3 Å². The summed E-state index contributed by atoms with van der Waals surface area (Å²) in [4.78, 5) is 32.2. The Morgan fingerprint density at radius 1 is 1.18 bits per heavy atom. The summed E-state index contributed by atoms with van der Waals surface area (Å²) >= 11 is 7.59. The quantitative estimate of drug-likeness (QED) is 0.312. The zero-order valence-electron chi connectivity index (χ0n) is 18.5. The Bertz CT molecular complexity index is 1360. The van der Waals surface area contributed by atoms with Crippen LogP contribution < -0.4 is 10.3 Å². The topological polar surface area (TPSA) is 70.4 Å². The normalized spacial score (nSPS) is 12.0. The molecule has 1 unspecified atom stereocenters. The fraction of sp³-hybridized carbons (Fsp3) is 0.240. The molecule has 33 heavy (non-hydrogen) atoms. The number of nitrogens with zero attached hydrogens (tertiary/aromatic N) is 2. The predicted molar refractivity (Wildman–Crippen MR) is 131 cm³/mol. The van der Waals surface area contributed by atoms with Gasteiger partial charge in [-0.25, -0.2) is 9.78 Å². The molecule has 0 aliphatic carbocycles. The SMILES string of the molecule is CCOc1ccc(-c2c(C)sc3ncn(C(C)C(=O)OCc4ccccc4Cl)c(=O)c23)cc1. The van der Waals surface area contributed by atoms with Crippen LogP contribution in [-0.4, -0.2) is 22.1 Å². The number of aryl methyl sites for hydroxylation is 1. The first-order chi connectivity index (χ1) is 15.9. The minimum absolute atomic E-state index is 0.0300. The number of carbonyl (C=O) groups is 1. The largest absolute Gasteiger partial charge is 0.494 e. The van der Waals surface area contributed by atoms with Gasteiger partial charge in [-0.3, -0.25) is 9.36 Å². The van der Waals surface area contributed by atoms with Gasteiger partial charge in [0.1, 0.15) is 23.2 Å². The van der Waals surface area contributed by atoms with Crippen molar-refractivity contribution in [3.8, 4) is 16.9 Å². The molecular weight excluding hydrogens is 460 g/mol. The fourth-order valence-electron chi connectivity index (χ4n) is 3.62. The first kappa shape index (κ1) is 23.0. The lowest BCUT2D eigenvalue weighted by Crippen LogP contribution is -2.29. The van der Waals surface area contributed by atoms with E-state index in [2.05, 4.69) is 4.98 Å². The van der Waals surface area contributed by atoms with Crippen LogP contribution in [-0.2, 0) is 16.1 Å². The summed E-state index contributed by atoms with van der Waals surface area (Å²) in [6.07, 6.45) is 1.41. The van der Waals surface area contributed by atoms with Crippen LogP contribution in [0.4, 0.5) is 0 Å². The van der Waals surface area contributed by atoms with E-state index in [1.165, 1.54) is 22.2 Å². The molecule has 0 saturated carbocycles. The lowest BCUT2D eigenvalue weighted by atomic mass is 10.0. The number of esters is 1. The van der Waals surface area contributed by atoms with Crippen LogP contribution >= 0.6 is 22.9 Å². The van der Waals surface area contributed by atoms with E-state index in [9.17, 15) is 9.59 Å². The maximum absolute atomic E-state index is 13.5. The molecule has 0 spiro atoms. The lowest BCUT2D eigenvalue weighted by molar-refractivity contribution is -0.148. The third-order valence-corrected chi connectivity index (χ3v) is 6.74. The van der Waals surface area contributed by atoms with Gasteiger partial charge in [0.25, 0.3) is 5.56 Å². The molecule has 170 valence electrons. The summed E-state index contributed by atoms with van der Waals surface area (Å²) in [6.45, 7) is 6.13. The average Bonchev–Trinajstić information content (AvgIpc) is 3.15. The van der Waals surface area contributed by atoms with Gasteiger partial charge in [-0.1, -0.05) is 41.9 Å². The number of rotatable bonds is 7. The summed E-state index contributed by atoms with van der Waals surface area (Å²) in [5, 5.41) is 1.02. The maximum atomic E-state index is 13.5. The van der Waals surface area contributed by atoms with E-state index < -0.39 is 12.0 Å². The number of fused-ring (bicyclic) bond motifs is 1. The molecule has 0 bridgehead atoms. The molecule has 0 saturated heterocycles. The van der Waals surface area contributed by atoms with Crippen molar-refractivity contribution in [1.29, 1.82) is 0 Å². The summed E-state index contributed by atoms with van der Waals surface area (Å²) in [7, 11) is 0. The minimum atomic E-state index is -0.842. The molecule has 8 heteroatoms. The highest BCUT2D eigenvalue weighted by molar-refractivity contribution is 7.19. The molecule has 2 heterocycles. The van der Waals surface area contributed by atoms with Crippen LogP contribution in [0.25, 0.3) is 21.3 Å². The van der Waals surface area contributed by atoms with Gasteiger partial charge in [-0.05, 0) is 44.5 Å². The maximum Gasteiger partial charge on any atom is 0.329 e. The van der Waals surface area contributed by atoms with Gasteiger partial charge in [0.2, 0.25) is 0 Å². The van der Waals surface area contributed by atoms with Crippen molar-refractivity contribution in [2.75, 3.05) is 6.61 Å². The first-order valence-corrected chi connectivity index (χ1v) is 11.7. The molecule has 0 aliphatic rings. The van der Waals surface area contributed by atoms with E-state index in [0.29, 0.717) is 27.4 Å². The van der Waals surface area contributed by atoms with E-state index in [0.717, 1.165) is 21.8 Å². The highest BCUT2D eigenvalue weighted by Gasteiger charge is 2.23. The fourth-order valence-corrected chi connectivity index (χ4v) is 4.82. The van der Waals surface area contributed by atoms with Crippen LogP contribution in [0.3, 0.4) is 0 Å². The van der Waals surface area contributed by atoms with Gasteiger partial charge in [0.15, 0.2) is 0 Å². The number of hydrogen-bond donors (Lipinski definition) is 0. The number of aromatic nitrogens is 2. The number of halogens is 1. The van der Waals surface area contributed by atoms with Crippen molar-refractivity contribution in [2.45, 2.75) is 33.4 Å². The Hall–Kier alpha value is -3.16. The number of ether oxygens (including phenoxy) is 2. The Balaban J connectivity index is 1.66. The van der Waals surface area contributed by atoms with Crippen molar-refractivity contribution in [3.63, 3.8) is 0 Å². The molecule has 4 aromatic rings. The van der Waals surface area contributed by atoms with E-state index in [4.69, 9.17) is 21.1 Å². The average molecular weight is 483 g/mol. The van der Waals surface area contributed by atoms with Gasteiger partial charge in [-0.2, -0.15) is 0 Å². The highest BCUT2D eigenvalue weighted by Crippen LogP contribution is 2.36. The van der Waals surface area contributed by atoms with E-state index in [-0.39, 0.29) is 12.2 Å². The predicted octanol–water partition coefficient (Wildman–Crippen LogP) is 5.79. The zero-order chi connectivity index (χ0) is 23.5. The number of carbonyl (C=O) groups excluding carboxylic acids is 1. The number of benzene rings is 2. The summed E-state index contributed by atoms with van der Waals surface area (Å²) in [5.41, 5.74) is 2.14. The van der Waals surface area contributed by atoms with E-state index in [1.807, 2.05) is 50.2 Å².